The van der Waals surface area contributed by atoms with Crippen molar-refractivity contribution in [2.75, 3.05) is 5.73 Å². The van der Waals surface area contributed by atoms with Gasteiger partial charge in [-0.15, -0.1) is 0 Å². The van der Waals surface area contributed by atoms with Crippen LogP contribution < -0.4 is 5.73 Å². The predicted octanol–water partition coefficient (Wildman–Crippen LogP) is 8.10. The second-order valence-electron chi connectivity index (χ2n) is 9.82. The van der Waals surface area contributed by atoms with Gasteiger partial charge in [0.05, 0.1) is 5.52 Å². The van der Waals surface area contributed by atoms with Crippen LogP contribution in [0.25, 0.3) is 54.7 Å². The Morgan fingerprint density at radius 3 is 2.15 bits per heavy atom. The maximum Gasteiger partial charge on any atom is 0.0708 e. The molecule has 1 heterocycles. The average Bonchev–Trinajstić information content (AvgIpc) is 2.87. The van der Waals surface area contributed by atoms with Crippen LogP contribution >= 0.6 is 0 Å². The number of fused-ring (bicyclic) bond motifs is 5. The molecule has 0 atom stereocenters. The number of rotatable bonds is 1. The van der Waals surface area contributed by atoms with Crippen LogP contribution in [0.3, 0.4) is 0 Å². The molecule has 6 aromatic rings. The molecule has 162 valence electrons. The Labute approximate surface area is 198 Å². The molecule has 34 heavy (non-hydrogen) atoms. The van der Waals surface area contributed by atoms with Crippen LogP contribution in [-0.4, -0.2) is 4.98 Å². The summed E-state index contributed by atoms with van der Waals surface area (Å²) in [5.41, 5.74) is 16.0. The first-order chi connectivity index (χ1) is 16.6. The molecular weight excluding hydrogens is 412 g/mol. The number of benzene rings is 5. The second kappa shape index (κ2) is 6.68. The van der Waals surface area contributed by atoms with Crippen molar-refractivity contribution in [2.45, 2.75) is 19.3 Å². The monoisotopic (exact) mass is 436 g/mol. The van der Waals surface area contributed by atoms with Gasteiger partial charge < -0.3 is 5.73 Å². The van der Waals surface area contributed by atoms with Gasteiger partial charge in [0.25, 0.3) is 0 Å². The third-order valence-electron chi connectivity index (χ3n) is 7.67. The molecule has 1 aromatic heterocycles. The van der Waals surface area contributed by atoms with E-state index in [4.69, 9.17) is 5.73 Å². The van der Waals surface area contributed by atoms with E-state index in [0.29, 0.717) is 0 Å². The van der Waals surface area contributed by atoms with Crippen molar-refractivity contribution in [3.8, 4) is 22.3 Å². The summed E-state index contributed by atoms with van der Waals surface area (Å²) in [6.07, 6.45) is 1.92. The van der Waals surface area contributed by atoms with Gasteiger partial charge in [-0.1, -0.05) is 86.6 Å². The number of hydrogen-bond acceptors (Lipinski definition) is 2. The van der Waals surface area contributed by atoms with Gasteiger partial charge in [-0.2, -0.15) is 0 Å². The Morgan fingerprint density at radius 2 is 1.29 bits per heavy atom. The highest BCUT2D eigenvalue weighted by Crippen LogP contribution is 2.53. The lowest BCUT2D eigenvalue weighted by atomic mass is 9.67. The van der Waals surface area contributed by atoms with E-state index in [0.717, 1.165) is 16.6 Å². The fourth-order valence-corrected chi connectivity index (χ4v) is 6.03. The number of para-hydroxylation sites is 1. The molecule has 0 fully saturated rings. The molecule has 0 saturated carbocycles. The van der Waals surface area contributed by atoms with Gasteiger partial charge in [-0.25, -0.2) is 0 Å². The standard InChI is InChI=1S/C32H24N2/c1-32(2)26-12-7-11-23-19(20-16-17-34-29-13-6-5-9-22(20)29)14-15-25(30(23)26)31-24-10-4-3-8-21(24)28(33)18-27(31)32/h3-18H,33H2,1-2H3. The summed E-state index contributed by atoms with van der Waals surface area (Å²) >= 11 is 0. The summed E-state index contributed by atoms with van der Waals surface area (Å²) in [5.74, 6) is 0. The average molecular weight is 437 g/mol. The minimum Gasteiger partial charge on any atom is -0.398 e. The zero-order valence-electron chi connectivity index (χ0n) is 19.3. The molecular formula is C32H24N2. The predicted molar refractivity (Wildman–Crippen MR) is 144 cm³/mol. The highest BCUT2D eigenvalue weighted by atomic mass is 14.6. The minimum absolute atomic E-state index is 0.168. The summed E-state index contributed by atoms with van der Waals surface area (Å²) in [6, 6.07) is 32.6. The van der Waals surface area contributed by atoms with Gasteiger partial charge in [0.15, 0.2) is 0 Å². The maximum absolute atomic E-state index is 6.57. The first kappa shape index (κ1) is 19.3. The summed E-state index contributed by atoms with van der Waals surface area (Å²) < 4.78 is 0. The number of nitrogens with zero attached hydrogens (tertiary/aromatic N) is 1. The largest absolute Gasteiger partial charge is 0.398 e. The summed E-state index contributed by atoms with van der Waals surface area (Å²) in [7, 11) is 0. The molecule has 0 bridgehead atoms. The molecule has 1 aliphatic carbocycles. The smallest absolute Gasteiger partial charge is 0.0708 e. The van der Waals surface area contributed by atoms with Gasteiger partial charge in [-0.05, 0) is 67.7 Å². The lowest BCUT2D eigenvalue weighted by molar-refractivity contribution is 0.646. The van der Waals surface area contributed by atoms with E-state index in [1.807, 2.05) is 12.3 Å². The molecule has 0 spiro atoms. The molecule has 2 heteroatoms. The van der Waals surface area contributed by atoms with Crippen LogP contribution in [0.4, 0.5) is 5.69 Å². The van der Waals surface area contributed by atoms with Crippen molar-refractivity contribution < 1.29 is 0 Å². The van der Waals surface area contributed by atoms with Gasteiger partial charge in [0, 0.05) is 28.1 Å². The van der Waals surface area contributed by atoms with E-state index in [1.165, 1.54) is 54.9 Å². The number of nitrogens with two attached hydrogens (primary N) is 1. The topological polar surface area (TPSA) is 38.9 Å². The van der Waals surface area contributed by atoms with E-state index in [9.17, 15) is 0 Å². The second-order valence-corrected chi connectivity index (χ2v) is 9.82. The molecule has 0 radical (unpaired) electrons. The van der Waals surface area contributed by atoms with Gasteiger partial charge in [0.1, 0.15) is 0 Å². The number of hydrogen-bond donors (Lipinski definition) is 1. The highest BCUT2D eigenvalue weighted by molar-refractivity contribution is 6.17. The number of pyridine rings is 1. The fourth-order valence-electron chi connectivity index (χ4n) is 6.03. The molecule has 0 unspecified atom stereocenters. The molecule has 1 aliphatic rings. The first-order valence-corrected chi connectivity index (χ1v) is 11.8. The Morgan fingerprint density at radius 1 is 0.618 bits per heavy atom. The Kier molecular flexibility index (Phi) is 3.79. The first-order valence-electron chi connectivity index (χ1n) is 11.8. The highest BCUT2D eigenvalue weighted by Gasteiger charge is 2.35. The van der Waals surface area contributed by atoms with Crippen molar-refractivity contribution >= 4 is 38.1 Å². The lowest BCUT2D eigenvalue weighted by Gasteiger charge is -2.36. The number of anilines is 1. The quantitative estimate of drug-likeness (QED) is 0.264. The molecule has 0 aliphatic heterocycles. The summed E-state index contributed by atoms with van der Waals surface area (Å²) in [6.45, 7) is 4.65. The Balaban J connectivity index is 1.65. The number of nitrogen functional groups attached to an aromatic ring is 1. The lowest BCUT2D eigenvalue weighted by Crippen LogP contribution is -2.24. The zero-order valence-corrected chi connectivity index (χ0v) is 19.3. The Bertz CT molecular complexity index is 1790. The third-order valence-corrected chi connectivity index (χ3v) is 7.67. The van der Waals surface area contributed by atoms with Crippen molar-refractivity contribution in [3.05, 3.63) is 108 Å². The van der Waals surface area contributed by atoms with E-state index >= 15 is 0 Å². The zero-order chi connectivity index (χ0) is 23.0. The van der Waals surface area contributed by atoms with Crippen LogP contribution in [0.1, 0.15) is 25.0 Å². The summed E-state index contributed by atoms with van der Waals surface area (Å²) in [5, 5.41) is 6.15. The van der Waals surface area contributed by atoms with Crippen molar-refractivity contribution in [2.24, 2.45) is 0 Å². The van der Waals surface area contributed by atoms with Gasteiger partial charge in [-0.3, -0.25) is 4.98 Å². The SMILES string of the molecule is CC1(C)c2cc(N)c3ccccc3c2-c2ccc(-c3ccnc4ccccc34)c3cccc1c23. The van der Waals surface area contributed by atoms with Crippen LogP contribution in [-0.2, 0) is 5.41 Å². The Hall–Kier alpha value is -4.17. The van der Waals surface area contributed by atoms with E-state index in [-0.39, 0.29) is 5.41 Å². The van der Waals surface area contributed by atoms with E-state index < -0.39 is 0 Å². The molecule has 7 rings (SSSR count). The van der Waals surface area contributed by atoms with Crippen LogP contribution in [0.5, 0.6) is 0 Å². The normalized spacial score (nSPS) is 13.9. The third kappa shape index (κ3) is 2.43. The van der Waals surface area contributed by atoms with Crippen molar-refractivity contribution in [1.82, 2.24) is 4.98 Å². The van der Waals surface area contributed by atoms with Crippen LogP contribution in [0.15, 0.2) is 97.2 Å². The fraction of sp³-hybridized carbons (Fsp3) is 0.0938. The number of aromatic nitrogens is 1. The van der Waals surface area contributed by atoms with Gasteiger partial charge >= 0.3 is 0 Å². The minimum atomic E-state index is -0.168. The molecule has 0 amide bonds. The summed E-state index contributed by atoms with van der Waals surface area (Å²) in [4.78, 5) is 4.59. The van der Waals surface area contributed by atoms with Crippen molar-refractivity contribution in [3.63, 3.8) is 0 Å². The molecule has 0 saturated heterocycles. The molecule has 2 N–H and O–H groups in total. The maximum atomic E-state index is 6.57. The van der Waals surface area contributed by atoms with E-state index in [1.54, 1.807) is 0 Å². The van der Waals surface area contributed by atoms with Gasteiger partial charge in [0.2, 0.25) is 0 Å². The molecule has 5 aromatic carbocycles. The van der Waals surface area contributed by atoms with Crippen LogP contribution in [0.2, 0.25) is 0 Å². The van der Waals surface area contributed by atoms with Crippen molar-refractivity contribution in [1.29, 1.82) is 0 Å². The van der Waals surface area contributed by atoms with E-state index in [2.05, 4.69) is 104 Å². The van der Waals surface area contributed by atoms with Crippen LogP contribution in [0, 0.1) is 0 Å². The molecule has 2 nitrogen and oxygen atoms in total.